The van der Waals surface area contributed by atoms with E-state index >= 15 is 0 Å². The molecule has 0 fully saturated rings. The molecule has 0 saturated carbocycles. The van der Waals surface area contributed by atoms with Crippen LogP contribution in [0.15, 0.2) is 64.6 Å². The number of thiazole rings is 1. The van der Waals surface area contributed by atoms with Gasteiger partial charge in [-0.3, -0.25) is 4.79 Å². The van der Waals surface area contributed by atoms with Crippen LogP contribution in [-0.2, 0) is 11.2 Å². The Morgan fingerprint density at radius 2 is 1.97 bits per heavy atom. The van der Waals surface area contributed by atoms with Crippen molar-refractivity contribution in [2.24, 2.45) is 5.73 Å². The average molecular weight is 501 g/mol. The standard InChI is InChI=1S/C24H16N6OS3/c25-10-14-16(17-7-4-8-32-17)12-33-24(14)28-18(31)9-19-29-23-21(34-19)20(13-5-2-1-3-6-13)15(11-26)22(27)30-23/h1-8,12,20,30H,9,27H2,(H,28,31). The molecule has 0 bridgehead atoms. The highest BCUT2D eigenvalue weighted by atomic mass is 32.1. The summed E-state index contributed by atoms with van der Waals surface area (Å²) in [6.07, 6.45) is 0.0414. The predicted octanol–water partition coefficient (Wildman–Crippen LogP) is 5.24. The van der Waals surface area contributed by atoms with E-state index in [1.165, 1.54) is 22.7 Å². The molecule has 4 N–H and O–H groups in total. The Morgan fingerprint density at radius 3 is 2.68 bits per heavy atom. The number of hydrogen-bond acceptors (Lipinski definition) is 9. The van der Waals surface area contributed by atoms with E-state index in [0.29, 0.717) is 27.0 Å². The normalized spacial score (nSPS) is 14.6. The van der Waals surface area contributed by atoms with E-state index in [1.54, 1.807) is 11.3 Å². The van der Waals surface area contributed by atoms with Crippen LogP contribution in [0, 0.1) is 22.7 Å². The number of nitrogens with zero attached hydrogens (tertiary/aromatic N) is 3. The molecule has 1 unspecified atom stereocenters. The van der Waals surface area contributed by atoms with Crippen LogP contribution >= 0.6 is 34.0 Å². The van der Waals surface area contributed by atoms with E-state index in [2.05, 4.69) is 27.8 Å². The van der Waals surface area contributed by atoms with Crippen LogP contribution in [0.2, 0.25) is 0 Å². The van der Waals surface area contributed by atoms with Gasteiger partial charge in [0.05, 0.1) is 34.4 Å². The third kappa shape index (κ3) is 3.95. The van der Waals surface area contributed by atoms with Crippen LogP contribution in [0.1, 0.15) is 26.9 Å². The van der Waals surface area contributed by atoms with Gasteiger partial charge >= 0.3 is 0 Å². The van der Waals surface area contributed by atoms with Gasteiger partial charge in [-0.1, -0.05) is 36.4 Å². The lowest BCUT2D eigenvalue weighted by molar-refractivity contribution is -0.115. The molecule has 10 heteroatoms. The minimum atomic E-state index is -0.340. The summed E-state index contributed by atoms with van der Waals surface area (Å²) in [5.74, 6) is 0.225. The molecule has 1 amide bonds. The summed E-state index contributed by atoms with van der Waals surface area (Å²) >= 11 is 4.25. The third-order valence-electron chi connectivity index (χ3n) is 5.30. The molecule has 5 rings (SSSR count). The Bertz CT molecular complexity index is 1490. The molecular formula is C24H16N6OS3. The van der Waals surface area contributed by atoms with Crippen LogP contribution in [0.25, 0.3) is 10.4 Å². The molecule has 3 aromatic heterocycles. The number of thiophene rings is 2. The monoisotopic (exact) mass is 500 g/mol. The molecule has 0 spiro atoms. The Morgan fingerprint density at radius 1 is 1.15 bits per heavy atom. The van der Waals surface area contributed by atoms with E-state index in [4.69, 9.17) is 5.73 Å². The van der Waals surface area contributed by atoms with Crippen molar-refractivity contribution in [1.82, 2.24) is 4.98 Å². The lowest BCUT2D eigenvalue weighted by atomic mass is 9.88. The fourth-order valence-electron chi connectivity index (χ4n) is 3.79. The molecule has 4 heterocycles. The van der Waals surface area contributed by atoms with Crippen molar-refractivity contribution < 1.29 is 4.79 Å². The van der Waals surface area contributed by atoms with Gasteiger partial charge in [-0.2, -0.15) is 10.5 Å². The first-order chi connectivity index (χ1) is 16.6. The van der Waals surface area contributed by atoms with Gasteiger partial charge < -0.3 is 16.4 Å². The molecule has 0 saturated heterocycles. The number of amides is 1. The number of anilines is 2. The van der Waals surface area contributed by atoms with Gasteiger partial charge in [0.2, 0.25) is 5.91 Å². The second-order valence-electron chi connectivity index (χ2n) is 7.40. The summed E-state index contributed by atoms with van der Waals surface area (Å²) < 4.78 is 0. The summed E-state index contributed by atoms with van der Waals surface area (Å²) in [5.41, 5.74) is 8.76. The quantitative estimate of drug-likeness (QED) is 0.344. The number of aromatic nitrogens is 1. The smallest absolute Gasteiger partial charge is 0.231 e. The average Bonchev–Trinajstić information content (AvgIpc) is 3.58. The Labute approximate surface area is 207 Å². The summed E-state index contributed by atoms with van der Waals surface area (Å²) in [4.78, 5) is 19.2. The highest BCUT2D eigenvalue weighted by Crippen LogP contribution is 2.43. The lowest BCUT2D eigenvalue weighted by Crippen LogP contribution is -2.22. The van der Waals surface area contributed by atoms with E-state index < -0.39 is 0 Å². The number of nitriles is 2. The second-order valence-corrected chi connectivity index (χ2v) is 10.3. The van der Waals surface area contributed by atoms with E-state index in [9.17, 15) is 15.3 Å². The zero-order valence-corrected chi connectivity index (χ0v) is 20.0. The van der Waals surface area contributed by atoms with Crippen molar-refractivity contribution in [3.63, 3.8) is 0 Å². The molecule has 1 aliphatic heterocycles. The summed E-state index contributed by atoms with van der Waals surface area (Å²) in [5, 5.41) is 30.2. The molecule has 0 radical (unpaired) electrons. The molecule has 7 nitrogen and oxygen atoms in total. The molecular weight excluding hydrogens is 485 g/mol. The van der Waals surface area contributed by atoms with Crippen LogP contribution in [0.5, 0.6) is 0 Å². The lowest BCUT2D eigenvalue weighted by Gasteiger charge is -2.23. The van der Waals surface area contributed by atoms with E-state index in [0.717, 1.165) is 20.9 Å². The predicted molar refractivity (Wildman–Crippen MR) is 136 cm³/mol. The molecule has 1 atom stereocenters. The van der Waals surface area contributed by atoms with Gasteiger partial charge in [-0.25, -0.2) is 4.98 Å². The maximum atomic E-state index is 12.8. The van der Waals surface area contributed by atoms with Crippen molar-refractivity contribution >= 4 is 50.7 Å². The molecule has 1 aromatic carbocycles. The van der Waals surface area contributed by atoms with Crippen molar-refractivity contribution in [2.45, 2.75) is 12.3 Å². The number of benzene rings is 1. The van der Waals surface area contributed by atoms with Crippen LogP contribution in [0.4, 0.5) is 10.8 Å². The number of rotatable bonds is 5. The van der Waals surface area contributed by atoms with Gasteiger partial charge in [0, 0.05) is 15.8 Å². The topological polar surface area (TPSA) is 128 Å². The van der Waals surface area contributed by atoms with Crippen LogP contribution < -0.4 is 16.4 Å². The highest BCUT2D eigenvalue weighted by Gasteiger charge is 2.32. The zero-order chi connectivity index (χ0) is 23.7. The number of allylic oxidation sites excluding steroid dienone is 1. The minimum absolute atomic E-state index is 0.0414. The molecule has 4 aromatic rings. The van der Waals surface area contributed by atoms with Crippen LogP contribution in [0.3, 0.4) is 0 Å². The fourth-order valence-corrected chi connectivity index (χ4v) is 6.70. The van der Waals surface area contributed by atoms with E-state index in [1.807, 2.05) is 53.2 Å². The number of carbonyl (C=O) groups is 1. The second kappa shape index (κ2) is 9.12. The summed E-state index contributed by atoms with van der Waals surface area (Å²) in [6.45, 7) is 0. The van der Waals surface area contributed by atoms with Crippen molar-refractivity contribution in [3.05, 3.63) is 85.6 Å². The SMILES string of the molecule is N#CC1=C(N)Nc2nc(CC(=O)Nc3scc(-c4cccs4)c3C#N)sc2C1c1ccccc1. The number of hydrogen-bond donors (Lipinski definition) is 3. The van der Waals surface area contributed by atoms with E-state index in [-0.39, 0.29) is 24.1 Å². The van der Waals surface area contributed by atoms with Crippen molar-refractivity contribution in [1.29, 1.82) is 10.5 Å². The number of carbonyl (C=O) groups excluding carboxylic acids is 1. The van der Waals surface area contributed by atoms with Crippen molar-refractivity contribution in [2.75, 3.05) is 10.6 Å². The number of nitrogens with two attached hydrogens (primary N) is 1. The summed E-state index contributed by atoms with van der Waals surface area (Å²) in [6, 6.07) is 17.9. The largest absolute Gasteiger partial charge is 0.384 e. The highest BCUT2D eigenvalue weighted by molar-refractivity contribution is 7.17. The van der Waals surface area contributed by atoms with Crippen LogP contribution in [-0.4, -0.2) is 10.9 Å². The molecule has 34 heavy (non-hydrogen) atoms. The summed E-state index contributed by atoms with van der Waals surface area (Å²) in [7, 11) is 0. The first kappa shape index (κ1) is 21.9. The van der Waals surface area contributed by atoms with Gasteiger partial charge in [0.25, 0.3) is 0 Å². The Balaban J connectivity index is 1.39. The van der Waals surface area contributed by atoms with Gasteiger partial charge in [0.15, 0.2) is 0 Å². The zero-order valence-electron chi connectivity index (χ0n) is 17.5. The van der Waals surface area contributed by atoms with Gasteiger partial charge in [0.1, 0.15) is 27.7 Å². The maximum Gasteiger partial charge on any atom is 0.231 e. The Kier molecular flexibility index (Phi) is 5.86. The molecule has 1 aliphatic rings. The first-order valence-electron chi connectivity index (χ1n) is 10.2. The van der Waals surface area contributed by atoms with Crippen molar-refractivity contribution in [3.8, 4) is 22.6 Å². The minimum Gasteiger partial charge on any atom is -0.384 e. The molecule has 166 valence electrons. The first-order valence-corrected chi connectivity index (χ1v) is 12.7. The van der Waals surface area contributed by atoms with Gasteiger partial charge in [-0.05, 0) is 17.0 Å². The molecule has 0 aliphatic carbocycles. The maximum absolute atomic E-state index is 12.8. The fraction of sp³-hybridized carbons (Fsp3) is 0.0833. The third-order valence-corrected chi connectivity index (χ3v) is 8.22. The number of fused-ring (bicyclic) bond motifs is 1. The van der Waals surface area contributed by atoms with Gasteiger partial charge in [-0.15, -0.1) is 34.0 Å². The number of nitrogens with one attached hydrogen (secondary N) is 2. The Hall–Kier alpha value is -3.96.